The maximum atomic E-state index is 13.0. The number of carboxylic acid groups (broad SMARTS) is 1. The first-order chi connectivity index (χ1) is 13.8. The number of likely N-dealkylation sites (N-methyl/N-ethyl adjacent to an activating group) is 1. The summed E-state index contributed by atoms with van der Waals surface area (Å²) < 4.78 is 0. The molecule has 6 heteroatoms. The van der Waals surface area contributed by atoms with Gasteiger partial charge >= 0.3 is 5.97 Å². The number of aryl methyl sites for hydroxylation is 2. The van der Waals surface area contributed by atoms with Gasteiger partial charge in [0.05, 0.1) is 18.2 Å². The molecule has 1 aliphatic carbocycles. The molecule has 0 spiro atoms. The van der Waals surface area contributed by atoms with Crippen molar-refractivity contribution in [1.29, 1.82) is 5.26 Å². The van der Waals surface area contributed by atoms with Gasteiger partial charge in [-0.25, -0.2) is 0 Å². The Morgan fingerprint density at radius 1 is 1.10 bits per heavy atom. The molecule has 1 N–H and O–H groups in total. The van der Waals surface area contributed by atoms with Crippen LogP contribution < -0.4 is 4.90 Å². The number of hydrogen-bond donors (Lipinski definition) is 1. The van der Waals surface area contributed by atoms with E-state index in [1.807, 2.05) is 6.92 Å². The first kappa shape index (κ1) is 20.4. The number of hydrogen-bond acceptors (Lipinski definition) is 4. The summed E-state index contributed by atoms with van der Waals surface area (Å²) in [6.45, 7) is 3.54. The molecule has 1 aliphatic rings. The van der Waals surface area contributed by atoms with Gasteiger partial charge in [0.2, 0.25) is 5.91 Å². The number of amides is 1. The van der Waals surface area contributed by atoms with Crippen LogP contribution in [0.3, 0.4) is 0 Å². The summed E-state index contributed by atoms with van der Waals surface area (Å²) in [5.41, 5.74) is 5.60. The minimum Gasteiger partial charge on any atom is -0.480 e. The highest BCUT2D eigenvalue weighted by Crippen LogP contribution is 2.27. The zero-order valence-corrected chi connectivity index (χ0v) is 17.0. The number of rotatable bonds is 6. The number of nitriles is 1. The number of carbonyl (C=O) groups is 2. The van der Waals surface area contributed by atoms with Crippen molar-refractivity contribution in [2.45, 2.75) is 32.7 Å². The Bertz CT molecular complexity index is 993. The van der Waals surface area contributed by atoms with Gasteiger partial charge in [-0.3, -0.25) is 9.59 Å². The first-order valence-corrected chi connectivity index (χ1v) is 9.60. The average Bonchev–Trinajstić information content (AvgIpc) is 3.10. The van der Waals surface area contributed by atoms with Crippen LogP contribution in [0.4, 0.5) is 5.69 Å². The summed E-state index contributed by atoms with van der Waals surface area (Å²) in [4.78, 5) is 27.7. The first-order valence-electron chi connectivity index (χ1n) is 9.60. The second kappa shape index (κ2) is 8.36. The van der Waals surface area contributed by atoms with E-state index in [2.05, 4.69) is 31.2 Å². The summed E-state index contributed by atoms with van der Waals surface area (Å²) in [6, 6.07) is 13.6. The molecule has 1 amide bonds. The molecule has 0 aliphatic heterocycles. The molecule has 0 bridgehead atoms. The van der Waals surface area contributed by atoms with Gasteiger partial charge in [-0.05, 0) is 55.5 Å². The van der Waals surface area contributed by atoms with Crippen LogP contribution in [0.5, 0.6) is 0 Å². The van der Waals surface area contributed by atoms with Crippen LogP contribution in [0.25, 0.3) is 0 Å². The largest absolute Gasteiger partial charge is 0.480 e. The Labute approximate surface area is 171 Å². The number of aliphatic carboxylic acids is 1. The maximum Gasteiger partial charge on any atom is 0.323 e. The van der Waals surface area contributed by atoms with Crippen LogP contribution in [0.15, 0.2) is 36.4 Å². The number of fused-ring (bicyclic) bond motifs is 1. The van der Waals surface area contributed by atoms with Crippen LogP contribution in [-0.2, 0) is 22.4 Å². The van der Waals surface area contributed by atoms with Crippen molar-refractivity contribution >= 4 is 17.6 Å². The zero-order chi connectivity index (χ0) is 21.1. The summed E-state index contributed by atoms with van der Waals surface area (Å²) in [5.74, 6) is -1.16. The summed E-state index contributed by atoms with van der Waals surface area (Å²) >= 11 is 0. The van der Waals surface area contributed by atoms with E-state index < -0.39 is 5.97 Å². The van der Waals surface area contributed by atoms with Crippen molar-refractivity contribution in [2.24, 2.45) is 0 Å². The highest BCUT2D eigenvalue weighted by Gasteiger charge is 2.29. The molecule has 0 saturated carbocycles. The number of carbonyl (C=O) groups excluding carboxylic acids is 1. The van der Waals surface area contributed by atoms with E-state index in [0.29, 0.717) is 11.3 Å². The number of anilines is 1. The Balaban J connectivity index is 1.77. The smallest absolute Gasteiger partial charge is 0.323 e. The van der Waals surface area contributed by atoms with Gasteiger partial charge in [0, 0.05) is 18.8 Å². The highest BCUT2D eigenvalue weighted by atomic mass is 16.4. The van der Waals surface area contributed by atoms with Crippen molar-refractivity contribution in [3.63, 3.8) is 0 Å². The Morgan fingerprint density at radius 3 is 2.52 bits per heavy atom. The lowest BCUT2D eigenvalue weighted by Crippen LogP contribution is -2.45. The topological polar surface area (TPSA) is 84.6 Å². The molecule has 2 aromatic carbocycles. The van der Waals surface area contributed by atoms with Gasteiger partial charge in [0.1, 0.15) is 6.54 Å². The molecular weight excluding hydrogens is 366 g/mol. The van der Waals surface area contributed by atoms with Gasteiger partial charge in [-0.15, -0.1) is 0 Å². The molecule has 0 aromatic heterocycles. The number of nitrogens with zero attached hydrogens (tertiary/aromatic N) is 3. The van der Waals surface area contributed by atoms with Crippen LogP contribution in [0.1, 0.15) is 27.8 Å². The molecule has 29 heavy (non-hydrogen) atoms. The molecule has 0 heterocycles. The fraction of sp³-hybridized carbons (Fsp3) is 0.348. The predicted molar refractivity (Wildman–Crippen MR) is 111 cm³/mol. The van der Waals surface area contributed by atoms with E-state index in [-0.39, 0.29) is 25.0 Å². The maximum absolute atomic E-state index is 13.0. The molecule has 2 aromatic rings. The summed E-state index contributed by atoms with van der Waals surface area (Å²) in [7, 11) is 1.78. The van der Waals surface area contributed by atoms with E-state index in [4.69, 9.17) is 0 Å². The normalized spacial score (nSPS) is 14.8. The van der Waals surface area contributed by atoms with Gasteiger partial charge in [0.25, 0.3) is 0 Å². The fourth-order valence-electron chi connectivity index (χ4n) is 3.89. The van der Waals surface area contributed by atoms with Crippen molar-refractivity contribution in [3.05, 3.63) is 64.2 Å². The van der Waals surface area contributed by atoms with Gasteiger partial charge < -0.3 is 14.9 Å². The molecule has 1 atom stereocenters. The van der Waals surface area contributed by atoms with E-state index >= 15 is 0 Å². The number of carboxylic acids is 1. The molecule has 6 nitrogen and oxygen atoms in total. The lowest BCUT2D eigenvalue weighted by molar-refractivity contribution is -0.135. The minimum absolute atomic E-state index is 0.0512. The fourth-order valence-corrected chi connectivity index (χ4v) is 3.89. The van der Waals surface area contributed by atoms with Crippen molar-refractivity contribution in [3.8, 4) is 6.07 Å². The average molecular weight is 391 g/mol. The quantitative estimate of drug-likeness (QED) is 0.818. The molecule has 3 rings (SSSR count). The lowest BCUT2D eigenvalue weighted by atomic mass is 10.1. The van der Waals surface area contributed by atoms with E-state index in [0.717, 1.165) is 18.4 Å². The molecule has 0 fully saturated rings. The molecule has 1 unspecified atom stereocenters. The minimum atomic E-state index is -1.02. The molecule has 0 radical (unpaired) electrons. The lowest BCUT2D eigenvalue weighted by Gasteiger charge is -2.30. The van der Waals surface area contributed by atoms with Gasteiger partial charge in [0.15, 0.2) is 0 Å². The predicted octanol–water partition coefficient (Wildman–Crippen LogP) is 2.69. The van der Waals surface area contributed by atoms with Gasteiger partial charge in [-0.2, -0.15) is 5.26 Å². The van der Waals surface area contributed by atoms with Crippen molar-refractivity contribution in [2.75, 3.05) is 25.0 Å². The summed E-state index contributed by atoms with van der Waals surface area (Å²) in [5, 5.41) is 18.5. The van der Waals surface area contributed by atoms with E-state index in [1.54, 1.807) is 30.1 Å². The standard InChI is InChI=1S/C23H25N3O3/c1-15-4-7-18-10-20(11-19(18)8-15)25(3)22(27)13-26(14-23(28)29)21-9-17(12-24)6-5-16(21)2/h4-9,20H,10-11,13-14H2,1-3H3,(H,28,29). The second-order valence-corrected chi connectivity index (χ2v) is 7.70. The molecule has 150 valence electrons. The van der Waals surface area contributed by atoms with Crippen molar-refractivity contribution < 1.29 is 14.7 Å². The number of benzene rings is 2. The third-order valence-corrected chi connectivity index (χ3v) is 5.55. The van der Waals surface area contributed by atoms with E-state index in [1.165, 1.54) is 21.6 Å². The van der Waals surface area contributed by atoms with Crippen molar-refractivity contribution in [1.82, 2.24) is 4.90 Å². The molecule has 0 saturated heterocycles. The highest BCUT2D eigenvalue weighted by molar-refractivity contribution is 5.85. The molecular formula is C23H25N3O3. The second-order valence-electron chi connectivity index (χ2n) is 7.70. The summed E-state index contributed by atoms with van der Waals surface area (Å²) in [6.07, 6.45) is 1.61. The zero-order valence-electron chi connectivity index (χ0n) is 17.0. The van der Waals surface area contributed by atoms with Crippen LogP contribution in [0, 0.1) is 25.2 Å². The van der Waals surface area contributed by atoms with Gasteiger partial charge in [-0.1, -0.05) is 29.8 Å². The van der Waals surface area contributed by atoms with Crippen LogP contribution in [-0.4, -0.2) is 48.1 Å². The Hall–Kier alpha value is -3.33. The van der Waals surface area contributed by atoms with E-state index in [9.17, 15) is 20.0 Å². The third kappa shape index (κ3) is 4.57. The van der Waals surface area contributed by atoms with Crippen LogP contribution >= 0.6 is 0 Å². The third-order valence-electron chi connectivity index (χ3n) is 5.55. The monoisotopic (exact) mass is 391 g/mol. The Morgan fingerprint density at radius 2 is 1.83 bits per heavy atom. The Kier molecular flexibility index (Phi) is 5.88. The van der Waals surface area contributed by atoms with Crippen LogP contribution in [0.2, 0.25) is 0 Å². The SMILES string of the molecule is Cc1ccc2c(c1)CC(N(C)C(=O)CN(CC(=O)O)c1cc(C#N)ccc1C)C2.